The Balaban J connectivity index is 1.17. The number of benzene rings is 2. The standard InChI is InChI=1S/C23H28N4/c1-2-6-21-16(4-1)5-3-7-23(21)26-19-10-8-18(9-11-19)25-20-12-13-22-17(14-20)15-24-27-22/h1-2,4,6,12-15,18-19,23,25-26H,3,5,7-11H2,(H,24,27)/t18?,19?,23-/m0/s1. The first-order valence-corrected chi connectivity index (χ1v) is 10.4. The fourth-order valence-corrected chi connectivity index (χ4v) is 4.88. The number of aromatic nitrogens is 2. The van der Waals surface area contributed by atoms with Crippen LogP contribution in [-0.2, 0) is 6.42 Å². The number of aryl methyl sites for hydroxylation is 1. The fourth-order valence-electron chi connectivity index (χ4n) is 4.88. The van der Waals surface area contributed by atoms with Gasteiger partial charge in [0.1, 0.15) is 0 Å². The average molecular weight is 361 g/mol. The molecular weight excluding hydrogens is 332 g/mol. The number of hydrogen-bond donors (Lipinski definition) is 3. The molecule has 4 heteroatoms. The molecule has 0 saturated heterocycles. The monoisotopic (exact) mass is 360 g/mol. The van der Waals surface area contributed by atoms with Crippen LogP contribution in [0, 0.1) is 0 Å². The van der Waals surface area contributed by atoms with Crippen molar-refractivity contribution in [2.24, 2.45) is 0 Å². The molecular formula is C23H28N4. The van der Waals surface area contributed by atoms with Crippen molar-refractivity contribution < 1.29 is 0 Å². The zero-order chi connectivity index (χ0) is 18.1. The summed E-state index contributed by atoms with van der Waals surface area (Å²) in [7, 11) is 0. The van der Waals surface area contributed by atoms with E-state index in [-0.39, 0.29) is 0 Å². The SMILES string of the molecule is c1ccc2c(c1)CCC[C@@H]2NC1CCC(Nc2ccc3[nH]ncc3c2)CC1. The fraction of sp³-hybridized carbons (Fsp3) is 0.435. The van der Waals surface area contributed by atoms with E-state index in [9.17, 15) is 0 Å². The quantitative estimate of drug-likeness (QED) is 0.617. The Labute approximate surface area is 160 Å². The molecule has 1 atom stereocenters. The zero-order valence-electron chi connectivity index (χ0n) is 15.7. The van der Waals surface area contributed by atoms with Gasteiger partial charge in [-0.15, -0.1) is 0 Å². The minimum Gasteiger partial charge on any atom is -0.382 e. The molecule has 3 N–H and O–H groups in total. The zero-order valence-corrected chi connectivity index (χ0v) is 15.7. The van der Waals surface area contributed by atoms with Gasteiger partial charge in [0.05, 0.1) is 11.7 Å². The smallest absolute Gasteiger partial charge is 0.0651 e. The van der Waals surface area contributed by atoms with E-state index >= 15 is 0 Å². The third-order valence-corrected chi connectivity index (χ3v) is 6.34. The van der Waals surface area contributed by atoms with Gasteiger partial charge in [0, 0.05) is 29.2 Å². The molecule has 2 aliphatic rings. The molecule has 2 aliphatic carbocycles. The summed E-state index contributed by atoms with van der Waals surface area (Å²) in [5.74, 6) is 0. The van der Waals surface area contributed by atoms with E-state index < -0.39 is 0 Å². The molecule has 0 unspecified atom stereocenters. The molecule has 1 aromatic heterocycles. The molecule has 1 saturated carbocycles. The predicted octanol–water partition coefficient (Wildman–Crippen LogP) is 4.95. The van der Waals surface area contributed by atoms with Crippen LogP contribution in [0.15, 0.2) is 48.7 Å². The highest BCUT2D eigenvalue weighted by molar-refractivity contribution is 5.81. The second kappa shape index (κ2) is 7.35. The van der Waals surface area contributed by atoms with Crippen LogP contribution < -0.4 is 10.6 Å². The van der Waals surface area contributed by atoms with Gasteiger partial charge in [0.15, 0.2) is 0 Å². The van der Waals surface area contributed by atoms with Crippen molar-refractivity contribution in [3.63, 3.8) is 0 Å². The molecule has 27 heavy (non-hydrogen) atoms. The van der Waals surface area contributed by atoms with Crippen molar-refractivity contribution in [1.29, 1.82) is 0 Å². The first-order valence-electron chi connectivity index (χ1n) is 10.4. The first-order chi connectivity index (χ1) is 13.3. The summed E-state index contributed by atoms with van der Waals surface area (Å²) < 4.78 is 0. The Bertz CT molecular complexity index is 907. The lowest BCUT2D eigenvalue weighted by Crippen LogP contribution is -2.39. The summed E-state index contributed by atoms with van der Waals surface area (Å²) in [6.07, 6.45) is 10.7. The summed E-state index contributed by atoms with van der Waals surface area (Å²) in [6.45, 7) is 0. The Morgan fingerprint density at radius 1 is 0.926 bits per heavy atom. The van der Waals surface area contributed by atoms with E-state index in [1.54, 1.807) is 5.56 Å². The van der Waals surface area contributed by atoms with Gasteiger partial charge in [-0.05, 0) is 74.3 Å². The van der Waals surface area contributed by atoms with Crippen LogP contribution in [0.25, 0.3) is 10.9 Å². The highest BCUT2D eigenvalue weighted by Crippen LogP contribution is 2.32. The van der Waals surface area contributed by atoms with Gasteiger partial charge in [-0.2, -0.15) is 5.10 Å². The molecule has 0 spiro atoms. The number of rotatable bonds is 4. The third-order valence-electron chi connectivity index (χ3n) is 6.34. The molecule has 0 aliphatic heterocycles. The largest absolute Gasteiger partial charge is 0.382 e. The summed E-state index contributed by atoms with van der Waals surface area (Å²) in [4.78, 5) is 0. The Hall–Kier alpha value is -2.33. The van der Waals surface area contributed by atoms with Crippen LogP contribution in [-0.4, -0.2) is 22.3 Å². The summed E-state index contributed by atoms with van der Waals surface area (Å²) in [5.41, 5.74) is 5.39. The Kier molecular flexibility index (Phi) is 4.58. The molecule has 1 fully saturated rings. The van der Waals surface area contributed by atoms with Crippen LogP contribution in [0.1, 0.15) is 55.7 Å². The van der Waals surface area contributed by atoms with E-state index in [0.29, 0.717) is 18.1 Å². The lowest BCUT2D eigenvalue weighted by atomic mass is 9.85. The summed E-state index contributed by atoms with van der Waals surface area (Å²) >= 11 is 0. The Morgan fingerprint density at radius 2 is 1.78 bits per heavy atom. The second-order valence-electron chi connectivity index (χ2n) is 8.18. The molecule has 4 nitrogen and oxygen atoms in total. The highest BCUT2D eigenvalue weighted by atomic mass is 15.1. The van der Waals surface area contributed by atoms with Crippen LogP contribution >= 0.6 is 0 Å². The van der Waals surface area contributed by atoms with Crippen molar-refractivity contribution in [3.05, 3.63) is 59.8 Å². The van der Waals surface area contributed by atoms with Gasteiger partial charge in [-0.3, -0.25) is 5.10 Å². The van der Waals surface area contributed by atoms with Crippen molar-refractivity contribution >= 4 is 16.6 Å². The topological polar surface area (TPSA) is 52.7 Å². The molecule has 0 bridgehead atoms. The molecule has 140 valence electrons. The molecule has 0 amide bonds. The van der Waals surface area contributed by atoms with Crippen LogP contribution in [0.5, 0.6) is 0 Å². The molecule has 5 rings (SSSR count). The van der Waals surface area contributed by atoms with Gasteiger partial charge >= 0.3 is 0 Å². The average Bonchev–Trinajstić information content (AvgIpc) is 3.18. The number of aromatic amines is 1. The van der Waals surface area contributed by atoms with Crippen molar-refractivity contribution in [3.8, 4) is 0 Å². The van der Waals surface area contributed by atoms with E-state index in [1.165, 1.54) is 61.6 Å². The van der Waals surface area contributed by atoms with Crippen molar-refractivity contribution in [1.82, 2.24) is 15.5 Å². The van der Waals surface area contributed by atoms with Gasteiger partial charge in [0.2, 0.25) is 0 Å². The van der Waals surface area contributed by atoms with Crippen LogP contribution in [0.4, 0.5) is 5.69 Å². The number of nitrogens with one attached hydrogen (secondary N) is 3. The number of hydrogen-bond acceptors (Lipinski definition) is 3. The number of anilines is 1. The molecule has 0 radical (unpaired) electrons. The van der Waals surface area contributed by atoms with Crippen molar-refractivity contribution in [2.45, 2.75) is 63.1 Å². The maximum atomic E-state index is 4.11. The predicted molar refractivity (Wildman–Crippen MR) is 111 cm³/mol. The minimum atomic E-state index is 0.549. The highest BCUT2D eigenvalue weighted by Gasteiger charge is 2.26. The van der Waals surface area contributed by atoms with Crippen LogP contribution in [0.3, 0.4) is 0 Å². The normalized spacial score (nSPS) is 25.3. The number of H-pyrrole nitrogens is 1. The van der Waals surface area contributed by atoms with Crippen LogP contribution in [0.2, 0.25) is 0 Å². The lowest BCUT2D eigenvalue weighted by Gasteiger charge is -2.35. The summed E-state index contributed by atoms with van der Waals surface area (Å²) in [6, 6.07) is 17.2. The van der Waals surface area contributed by atoms with Gasteiger partial charge in [-0.25, -0.2) is 0 Å². The maximum absolute atomic E-state index is 4.11. The van der Waals surface area contributed by atoms with Gasteiger partial charge < -0.3 is 10.6 Å². The van der Waals surface area contributed by atoms with E-state index in [0.717, 1.165) is 5.52 Å². The molecule has 1 heterocycles. The van der Waals surface area contributed by atoms with Crippen molar-refractivity contribution in [2.75, 3.05) is 5.32 Å². The maximum Gasteiger partial charge on any atom is 0.0651 e. The van der Waals surface area contributed by atoms with Gasteiger partial charge in [0.25, 0.3) is 0 Å². The molecule has 2 aromatic carbocycles. The first kappa shape index (κ1) is 16.8. The Morgan fingerprint density at radius 3 is 2.70 bits per heavy atom. The van der Waals surface area contributed by atoms with E-state index in [2.05, 4.69) is 63.3 Å². The third kappa shape index (κ3) is 3.59. The van der Waals surface area contributed by atoms with Gasteiger partial charge in [-0.1, -0.05) is 24.3 Å². The number of fused-ring (bicyclic) bond motifs is 2. The lowest BCUT2D eigenvalue weighted by molar-refractivity contribution is 0.309. The minimum absolute atomic E-state index is 0.549. The molecule has 3 aromatic rings. The van der Waals surface area contributed by atoms with E-state index in [1.807, 2.05) is 6.20 Å². The summed E-state index contributed by atoms with van der Waals surface area (Å²) in [5, 5.41) is 16.0. The number of nitrogens with zero attached hydrogens (tertiary/aromatic N) is 1. The van der Waals surface area contributed by atoms with E-state index in [4.69, 9.17) is 0 Å². The second-order valence-corrected chi connectivity index (χ2v) is 8.18.